The Morgan fingerprint density at radius 3 is 2.33 bits per heavy atom. The van der Waals surface area contributed by atoms with E-state index in [1.807, 2.05) is 11.3 Å². The lowest BCUT2D eigenvalue weighted by Gasteiger charge is -2.27. The fourth-order valence-electron chi connectivity index (χ4n) is 8.02. The molecule has 0 radical (unpaired) electrons. The minimum atomic E-state index is -0.208. The lowest BCUT2D eigenvalue weighted by atomic mass is 9.78. The van der Waals surface area contributed by atoms with Crippen molar-refractivity contribution in [2.75, 3.05) is 0 Å². The van der Waals surface area contributed by atoms with Crippen LogP contribution in [0.2, 0.25) is 0 Å². The van der Waals surface area contributed by atoms with Crippen molar-refractivity contribution in [3.8, 4) is 17.2 Å². The van der Waals surface area contributed by atoms with Crippen molar-refractivity contribution in [3.05, 3.63) is 132 Å². The van der Waals surface area contributed by atoms with Crippen molar-refractivity contribution in [3.63, 3.8) is 0 Å². The monoisotopic (exact) mass is 609 g/mol. The fourth-order valence-corrected chi connectivity index (χ4v) is 9.11. The molecule has 1 unspecified atom stereocenters. The molecule has 2 aliphatic rings. The molecule has 3 heterocycles. The molecule has 0 saturated carbocycles. The van der Waals surface area contributed by atoms with Gasteiger partial charge in [0.1, 0.15) is 5.82 Å². The lowest BCUT2D eigenvalue weighted by molar-refractivity contribution is 0.552. The average Bonchev–Trinajstić information content (AvgIpc) is 3.68. The minimum Gasteiger partial charge on any atom is -0.293 e. The molecule has 0 amide bonds. The molecule has 3 aromatic heterocycles. The van der Waals surface area contributed by atoms with E-state index in [0.717, 1.165) is 29.3 Å². The van der Waals surface area contributed by atoms with E-state index in [9.17, 15) is 0 Å². The molecule has 0 N–H and O–H groups in total. The number of hydrogen-bond acceptors (Lipinski definition) is 3. The van der Waals surface area contributed by atoms with Gasteiger partial charge in [0, 0.05) is 47.5 Å². The first-order valence-electron chi connectivity index (χ1n) is 16.1. The van der Waals surface area contributed by atoms with Crippen molar-refractivity contribution in [2.45, 2.75) is 32.6 Å². The first-order chi connectivity index (χ1) is 22.5. The zero-order valence-electron chi connectivity index (χ0n) is 26.0. The number of allylic oxidation sites excluding steroid dienone is 4. The molecule has 0 bridgehead atoms. The highest BCUT2D eigenvalue weighted by Gasteiger charge is 2.42. The molecular formula is C42H31N3S. The number of benzene rings is 5. The molecule has 0 aliphatic heterocycles. The standard InChI is InChI=1S/C42H31N3S/c1-24-16-18-30-33(20-24)42(2,3)39-38(30)41(44-40(43-39)27-17-19-37-32(22-27)29-13-7-9-15-36(29)46-37)45-34-14-8-6-12-28(34)31-21-25-10-4-5-11-26(25)23-35(31)45/h4-19,21-24H,20H2,1-3H3. The number of para-hydroxylation sites is 1. The Morgan fingerprint density at radius 1 is 0.717 bits per heavy atom. The topological polar surface area (TPSA) is 30.7 Å². The van der Waals surface area contributed by atoms with Gasteiger partial charge in [-0.1, -0.05) is 93.6 Å². The van der Waals surface area contributed by atoms with Crippen LogP contribution in [0, 0.1) is 5.92 Å². The Kier molecular flexibility index (Phi) is 5.26. The van der Waals surface area contributed by atoms with Crippen molar-refractivity contribution in [1.82, 2.24) is 14.5 Å². The summed E-state index contributed by atoms with van der Waals surface area (Å²) in [6.07, 6.45) is 5.74. The number of aromatic nitrogens is 3. The van der Waals surface area contributed by atoms with Gasteiger partial charge < -0.3 is 0 Å². The molecular weight excluding hydrogens is 579 g/mol. The summed E-state index contributed by atoms with van der Waals surface area (Å²) < 4.78 is 5.01. The number of thiophene rings is 1. The van der Waals surface area contributed by atoms with Gasteiger partial charge in [-0.3, -0.25) is 4.57 Å². The summed E-state index contributed by atoms with van der Waals surface area (Å²) >= 11 is 1.84. The first-order valence-corrected chi connectivity index (χ1v) is 17.0. The molecule has 5 aromatic carbocycles. The van der Waals surface area contributed by atoms with Crippen LogP contribution in [0.15, 0.2) is 121 Å². The Hall–Kier alpha value is -5.06. The van der Waals surface area contributed by atoms with Gasteiger partial charge in [-0.05, 0) is 76.7 Å². The molecule has 1 atom stereocenters. The van der Waals surface area contributed by atoms with Crippen molar-refractivity contribution < 1.29 is 0 Å². The normalized spacial score (nSPS) is 17.2. The van der Waals surface area contributed by atoms with Gasteiger partial charge in [0.15, 0.2) is 5.82 Å². The van der Waals surface area contributed by atoms with Crippen LogP contribution in [0.5, 0.6) is 0 Å². The molecule has 46 heavy (non-hydrogen) atoms. The minimum absolute atomic E-state index is 0.208. The molecule has 3 nitrogen and oxygen atoms in total. The molecule has 10 rings (SSSR count). The van der Waals surface area contributed by atoms with Gasteiger partial charge in [0.2, 0.25) is 0 Å². The molecule has 220 valence electrons. The van der Waals surface area contributed by atoms with Crippen LogP contribution >= 0.6 is 11.3 Å². The third kappa shape index (κ3) is 3.53. The summed E-state index contributed by atoms with van der Waals surface area (Å²) in [7, 11) is 0. The smallest absolute Gasteiger partial charge is 0.161 e. The van der Waals surface area contributed by atoms with E-state index in [2.05, 4.69) is 141 Å². The summed E-state index contributed by atoms with van der Waals surface area (Å²) in [6.45, 7) is 7.03. The Bertz CT molecular complexity index is 2660. The van der Waals surface area contributed by atoms with E-state index in [4.69, 9.17) is 9.97 Å². The van der Waals surface area contributed by atoms with Crippen LogP contribution in [-0.2, 0) is 5.41 Å². The van der Waals surface area contributed by atoms with Crippen LogP contribution in [-0.4, -0.2) is 14.5 Å². The van der Waals surface area contributed by atoms with Crippen LogP contribution in [0.1, 0.15) is 38.4 Å². The van der Waals surface area contributed by atoms with E-state index in [0.29, 0.717) is 5.92 Å². The van der Waals surface area contributed by atoms with E-state index < -0.39 is 0 Å². The maximum Gasteiger partial charge on any atom is 0.161 e. The second-order valence-electron chi connectivity index (χ2n) is 13.5. The van der Waals surface area contributed by atoms with Gasteiger partial charge in [0.05, 0.1) is 16.7 Å². The van der Waals surface area contributed by atoms with Crippen LogP contribution in [0.3, 0.4) is 0 Å². The summed E-state index contributed by atoms with van der Waals surface area (Å²) in [5, 5.41) is 7.51. The molecule has 0 saturated heterocycles. The zero-order chi connectivity index (χ0) is 30.7. The largest absolute Gasteiger partial charge is 0.293 e. The van der Waals surface area contributed by atoms with Crippen molar-refractivity contribution in [2.24, 2.45) is 5.92 Å². The van der Waals surface area contributed by atoms with Crippen LogP contribution in [0.25, 0.3) is 75.5 Å². The van der Waals surface area contributed by atoms with E-state index in [1.54, 1.807) is 0 Å². The SMILES string of the molecule is CC1C=CC2=C(C1)C(C)(C)c1nc(-c3ccc4sc5ccccc5c4c3)nc(-n3c4ccccc4c4cc5ccccc5cc43)c12. The van der Waals surface area contributed by atoms with Crippen LogP contribution < -0.4 is 0 Å². The maximum atomic E-state index is 5.57. The average molecular weight is 610 g/mol. The predicted octanol–water partition coefficient (Wildman–Crippen LogP) is 11.4. The number of rotatable bonds is 2. The Labute approximate surface area is 271 Å². The molecule has 8 aromatic rings. The van der Waals surface area contributed by atoms with Crippen LogP contribution in [0.4, 0.5) is 0 Å². The second kappa shape index (κ2) is 9.24. The molecule has 2 aliphatic carbocycles. The third-order valence-corrected chi connectivity index (χ3v) is 11.5. The highest BCUT2D eigenvalue weighted by molar-refractivity contribution is 7.25. The van der Waals surface area contributed by atoms with Gasteiger partial charge >= 0.3 is 0 Å². The quantitative estimate of drug-likeness (QED) is 0.195. The van der Waals surface area contributed by atoms with Gasteiger partial charge in [0.25, 0.3) is 0 Å². The third-order valence-electron chi connectivity index (χ3n) is 10.3. The molecule has 0 spiro atoms. The number of fused-ring (bicyclic) bond motifs is 9. The first kappa shape index (κ1) is 26.2. The Morgan fingerprint density at radius 2 is 1.46 bits per heavy atom. The van der Waals surface area contributed by atoms with Crippen molar-refractivity contribution >= 4 is 69.7 Å². The summed E-state index contributed by atoms with van der Waals surface area (Å²) in [4.78, 5) is 11.1. The lowest BCUT2D eigenvalue weighted by Crippen LogP contribution is -2.21. The molecule has 4 heteroatoms. The number of nitrogens with zero attached hydrogens (tertiary/aromatic N) is 3. The highest BCUT2D eigenvalue weighted by Crippen LogP contribution is 2.53. The predicted molar refractivity (Wildman–Crippen MR) is 195 cm³/mol. The molecule has 0 fully saturated rings. The van der Waals surface area contributed by atoms with E-state index in [-0.39, 0.29) is 5.41 Å². The van der Waals surface area contributed by atoms with E-state index >= 15 is 0 Å². The van der Waals surface area contributed by atoms with Gasteiger partial charge in [-0.15, -0.1) is 11.3 Å². The summed E-state index contributed by atoms with van der Waals surface area (Å²) in [6, 6.07) is 37.6. The maximum absolute atomic E-state index is 5.57. The summed E-state index contributed by atoms with van der Waals surface area (Å²) in [5.74, 6) is 2.24. The second-order valence-corrected chi connectivity index (χ2v) is 14.6. The van der Waals surface area contributed by atoms with Crippen molar-refractivity contribution in [1.29, 1.82) is 0 Å². The zero-order valence-corrected chi connectivity index (χ0v) is 26.8. The van der Waals surface area contributed by atoms with E-state index in [1.165, 1.54) is 69.5 Å². The summed E-state index contributed by atoms with van der Waals surface area (Å²) in [5.41, 5.74) is 8.24. The number of hydrogen-bond donors (Lipinski definition) is 0. The highest BCUT2D eigenvalue weighted by atomic mass is 32.1. The van der Waals surface area contributed by atoms with Gasteiger partial charge in [-0.25, -0.2) is 9.97 Å². The Balaban J connectivity index is 1.33. The van der Waals surface area contributed by atoms with Gasteiger partial charge in [-0.2, -0.15) is 0 Å². The fraction of sp³-hybridized carbons (Fsp3) is 0.143.